The summed E-state index contributed by atoms with van der Waals surface area (Å²) in [5.74, 6) is 5.23. The van der Waals surface area contributed by atoms with E-state index in [9.17, 15) is 0 Å². The lowest BCUT2D eigenvalue weighted by atomic mass is 10.1. The van der Waals surface area contributed by atoms with Gasteiger partial charge in [-0.1, -0.05) is 0 Å². The highest BCUT2D eigenvalue weighted by atomic mass is 16.5. The van der Waals surface area contributed by atoms with Crippen LogP contribution in [0.2, 0.25) is 0 Å². The lowest BCUT2D eigenvalue weighted by Gasteiger charge is -2.10. The number of methoxy groups -OCH3 is 8. The Morgan fingerprint density at radius 1 is 0.286 bits per heavy atom. The van der Waals surface area contributed by atoms with E-state index in [1.54, 1.807) is 105 Å². The molecule has 0 fully saturated rings. The molecule has 56 heavy (non-hydrogen) atoms. The van der Waals surface area contributed by atoms with Crippen molar-refractivity contribution in [2.45, 2.75) is 0 Å². The van der Waals surface area contributed by atoms with E-state index in [1.165, 1.54) is 0 Å². The summed E-state index contributed by atoms with van der Waals surface area (Å²) in [4.78, 5) is 37.5. The smallest absolute Gasteiger partial charge is 0.168 e. The van der Waals surface area contributed by atoms with Crippen molar-refractivity contribution in [3.8, 4) is 91.5 Å². The van der Waals surface area contributed by atoms with Crippen molar-refractivity contribution in [1.82, 2.24) is 39.9 Å². The molecule has 2 N–H and O–H groups in total. The topological polar surface area (TPSA) is 183 Å². The predicted molar refractivity (Wildman–Crippen MR) is 208 cm³/mol. The summed E-state index contributed by atoms with van der Waals surface area (Å²) in [6.45, 7) is 0. The lowest BCUT2D eigenvalue weighted by Crippen LogP contribution is -1.93. The number of aromatic amines is 2. The average molecular weight is 755 g/mol. The number of H-pyrrole nitrogens is 2. The Labute approximate surface area is 318 Å². The van der Waals surface area contributed by atoms with Crippen molar-refractivity contribution < 1.29 is 37.9 Å². The third-order valence-electron chi connectivity index (χ3n) is 9.88. The molecule has 4 aromatic carbocycles. The molecule has 8 bridgehead atoms. The van der Waals surface area contributed by atoms with Crippen LogP contribution in [-0.4, -0.2) is 96.8 Å². The van der Waals surface area contributed by atoms with Crippen molar-refractivity contribution in [2.75, 3.05) is 56.9 Å². The van der Waals surface area contributed by atoms with Crippen LogP contribution in [0.15, 0.2) is 48.5 Å². The van der Waals surface area contributed by atoms with E-state index in [0.29, 0.717) is 112 Å². The molecule has 0 aliphatic carbocycles. The summed E-state index contributed by atoms with van der Waals surface area (Å²) in [5.41, 5.74) is 3.76. The van der Waals surface area contributed by atoms with Crippen LogP contribution in [0.5, 0.6) is 46.0 Å². The van der Waals surface area contributed by atoms with Gasteiger partial charge in [0, 0.05) is 0 Å². The van der Waals surface area contributed by atoms with E-state index >= 15 is 0 Å². The van der Waals surface area contributed by atoms with Gasteiger partial charge < -0.3 is 47.9 Å². The van der Waals surface area contributed by atoms with Gasteiger partial charge in [-0.15, -0.1) is 0 Å². The molecule has 16 heteroatoms. The fourth-order valence-electron chi connectivity index (χ4n) is 7.43. The highest BCUT2D eigenvalue weighted by Crippen LogP contribution is 2.49. The van der Waals surface area contributed by atoms with Gasteiger partial charge in [0.25, 0.3) is 0 Å². The predicted octanol–water partition coefficient (Wildman–Crippen LogP) is 6.94. The maximum Gasteiger partial charge on any atom is 0.168 e. The van der Waals surface area contributed by atoms with Gasteiger partial charge in [0.2, 0.25) is 0 Å². The molecular weight excluding hydrogens is 720 g/mol. The molecule has 7 aromatic rings. The van der Waals surface area contributed by atoms with Crippen LogP contribution in [0.4, 0.5) is 0 Å². The second-order valence-electron chi connectivity index (χ2n) is 12.5. The summed E-state index contributed by atoms with van der Waals surface area (Å²) in [6, 6.07) is 14.4. The highest BCUT2D eigenvalue weighted by molar-refractivity contribution is 6.13. The molecule has 0 atom stereocenters. The Balaban J connectivity index is 1.58. The average Bonchev–Trinajstić information content (AvgIpc) is 3.99. The second kappa shape index (κ2) is 13.2. The van der Waals surface area contributed by atoms with Crippen LogP contribution in [0, 0.1) is 0 Å². The number of nitrogens with one attached hydrogen (secondary N) is 2. The summed E-state index contributed by atoms with van der Waals surface area (Å²) >= 11 is 0. The minimum atomic E-state index is 0.289. The van der Waals surface area contributed by atoms with Gasteiger partial charge in [-0.2, -0.15) is 0 Å². The van der Waals surface area contributed by atoms with Crippen molar-refractivity contribution >= 4 is 44.1 Å². The number of hydrogen-bond acceptors (Lipinski definition) is 14. The normalized spacial score (nSPS) is 11.6. The molecule has 0 saturated carbocycles. The van der Waals surface area contributed by atoms with E-state index in [0.717, 1.165) is 0 Å². The molecule has 0 amide bonds. The van der Waals surface area contributed by atoms with Crippen LogP contribution < -0.4 is 37.9 Å². The fourth-order valence-corrected chi connectivity index (χ4v) is 7.43. The number of rotatable bonds is 8. The Kier molecular flexibility index (Phi) is 8.10. The van der Waals surface area contributed by atoms with Crippen molar-refractivity contribution in [1.29, 1.82) is 0 Å². The third kappa shape index (κ3) is 4.91. The summed E-state index contributed by atoms with van der Waals surface area (Å²) in [6.07, 6.45) is 0. The van der Waals surface area contributed by atoms with Crippen molar-refractivity contribution in [3.63, 3.8) is 0 Å². The highest BCUT2D eigenvalue weighted by Gasteiger charge is 2.31. The molecule has 282 valence electrons. The molecule has 16 nitrogen and oxygen atoms in total. The first-order chi connectivity index (χ1) is 27.4. The van der Waals surface area contributed by atoms with Gasteiger partial charge in [-0.3, -0.25) is 0 Å². The van der Waals surface area contributed by atoms with E-state index in [1.807, 2.05) is 0 Å². The zero-order chi connectivity index (χ0) is 38.8. The largest absolute Gasteiger partial charge is 0.496 e. The Morgan fingerprint density at radius 3 is 0.679 bits per heavy atom. The van der Waals surface area contributed by atoms with Crippen LogP contribution in [-0.2, 0) is 0 Å². The molecule has 5 heterocycles. The minimum absolute atomic E-state index is 0.289. The van der Waals surface area contributed by atoms with Crippen molar-refractivity contribution in [2.24, 2.45) is 0 Å². The SMILES string of the molecule is COc1ccc(OC)c2c1-c1nc-2nc2[nH]c(nc3nc(nc4[nH]c(n1)c1c(OC)ccc(OC)c41)-c1c(OC)ccc(OC)c1-3)c1c(OC)ccc(OC)c21. The Morgan fingerprint density at radius 2 is 0.482 bits per heavy atom. The quantitative estimate of drug-likeness (QED) is 0.163. The zero-order valence-corrected chi connectivity index (χ0v) is 31.6. The second-order valence-corrected chi connectivity index (χ2v) is 12.5. The number of nitrogens with zero attached hydrogens (tertiary/aromatic N) is 6. The Hall–Kier alpha value is -7.36. The van der Waals surface area contributed by atoms with Gasteiger partial charge in [0.05, 0.1) is 101 Å². The van der Waals surface area contributed by atoms with Crippen LogP contribution >= 0.6 is 0 Å². The van der Waals surface area contributed by atoms with E-state index in [4.69, 9.17) is 67.8 Å². The minimum Gasteiger partial charge on any atom is -0.496 e. The van der Waals surface area contributed by atoms with Gasteiger partial charge in [-0.05, 0) is 48.5 Å². The number of hydrogen-bond donors (Lipinski definition) is 2. The lowest BCUT2D eigenvalue weighted by molar-refractivity contribution is 0.406. The molecule has 2 aliphatic rings. The Bertz CT molecular complexity index is 2560. The van der Waals surface area contributed by atoms with Crippen molar-refractivity contribution in [3.05, 3.63) is 48.5 Å². The van der Waals surface area contributed by atoms with Gasteiger partial charge in [-0.25, -0.2) is 29.9 Å². The molecule has 0 radical (unpaired) electrons. The standard InChI is InChI=1S/C40H34N8O8/c1-49-17-9-10-18(50-2)26-25(17)33-41-34(26)46-36-29-21(53-5)13-14-22(54-6)30(29)38(43-36)48-40-32-24(56-8)16-15-23(55-7)31(32)39(44-40)47-37-28-20(52-4)12-11-19(51-3)27(28)35(42-37)45-33/h9-16H,1-8H3,(H2,41,42,43,44,45,46,47,48). The van der Waals surface area contributed by atoms with E-state index in [-0.39, 0.29) is 23.3 Å². The molecular formula is C40H34N8O8. The van der Waals surface area contributed by atoms with Gasteiger partial charge in [0.15, 0.2) is 23.3 Å². The maximum atomic E-state index is 5.89. The van der Waals surface area contributed by atoms with Gasteiger partial charge >= 0.3 is 0 Å². The molecule has 0 spiro atoms. The molecule has 3 aromatic heterocycles. The van der Waals surface area contributed by atoms with Gasteiger partial charge in [0.1, 0.15) is 68.6 Å². The summed E-state index contributed by atoms with van der Waals surface area (Å²) in [5, 5.41) is 2.36. The monoisotopic (exact) mass is 754 g/mol. The summed E-state index contributed by atoms with van der Waals surface area (Å²) in [7, 11) is 12.7. The first-order valence-electron chi connectivity index (χ1n) is 17.2. The molecule has 2 aliphatic heterocycles. The number of benzene rings is 4. The summed E-state index contributed by atoms with van der Waals surface area (Å²) < 4.78 is 47.1. The van der Waals surface area contributed by atoms with E-state index in [2.05, 4.69) is 9.97 Å². The fraction of sp³-hybridized carbons (Fsp3) is 0.200. The molecule has 9 rings (SSSR count). The van der Waals surface area contributed by atoms with Crippen LogP contribution in [0.3, 0.4) is 0 Å². The molecule has 0 saturated heterocycles. The number of ether oxygens (including phenoxy) is 8. The van der Waals surface area contributed by atoms with Crippen LogP contribution in [0.1, 0.15) is 0 Å². The van der Waals surface area contributed by atoms with E-state index < -0.39 is 0 Å². The number of aromatic nitrogens is 8. The first kappa shape index (κ1) is 34.4. The third-order valence-corrected chi connectivity index (χ3v) is 9.88. The maximum absolute atomic E-state index is 5.89. The molecule has 0 unspecified atom stereocenters. The zero-order valence-electron chi connectivity index (χ0n) is 31.6. The first-order valence-corrected chi connectivity index (χ1v) is 17.2. The number of fused-ring (bicyclic) bond motifs is 20. The van der Waals surface area contributed by atoms with Crippen LogP contribution in [0.25, 0.3) is 89.7 Å².